The number of hydrogen-bond acceptors (Lipinski definition) is 1. The first-order chi connectivity index (χ1) is 8.24. The van der Waals surface area contributed by atoms with Crippen LogP contribution < -0.4 is 0 Å². The molecule has 2 rings (SSSR count). The summed E-state index contributed by atoms with van der Waals surface area (Å²) in [6.45, 7) is 0. The lowest BCUT2D eigenvalue weighted by molar-refractivity contribution is 0.0983. The summed E-state index contributed by atoms with van der Waals surface area (Å²) in [4.78, 5) is 12.0. The Kier molecular flexibility index (Phi) is 3.89. The molecule has 0 saturated carbocycles. The number of rotatable bonds is 4. The molecule has 0 N–H and O–H groups in total. The van der Waals surface area contributed by atoms with Crippen LogP contribution in [0.15, 0.2) is 36.4 Å². The fourth-order valence-electron chi connectivity index (χ4n) is 1.87. The summed E-state index contributed by atoms with van der Waals surface area (Å²) in [5.41, 5.74) is 0.614. The summed E-state index contributed by atoms with van der Waals surface area (Å²) >= 11 is 3.30. The van der Waals surface area contributed by atoms with Crippen LogP contribution in [0.5, 0.6) is 0 Å². The fourth-order valence-corrected chi connectivity index (χ4v) is 2.15. The van der Waals surface area contributed by atoms with Gasteiger partial charge in [-0.2, -0.15) is 0 Å². The van der Waals surface area contributed by atoms with Gasteiger partial charge in [-0.05, 0) is 23.9 Å². The molecule has 0 aliphatic carbocycles. The number of halogens is 2. The van der Waals surface area contributed by atoms with E-state index < -0.39 is 0 Å². The molecule has 0 unspecified atom stereocenters. The summed E-state index contributed by atoms with van der Waals surface area (Å²) in [5.74, 6) is -0.210. The molecule has 0 aliphatic rings. The Balaban J connectivity index is 2.48. The van der Waals surface area contributed by atoms with Crippen LogP contribution in [0.25, 0.3) is 10.8 Å². The van der Waals surface area contributed by atoms with Crippen molar-refractivity contribution in [3.63, 3.8) is 0 Å². The van der Waals surface area contributed by atoms with Gasteiger partial charge < -0.3 is 0 Å². The highest BCUT2D eigenvalue weighted by atomic mass is 79.9. The molecule has 88 valence electrons. The number of Topliss-reactive ketones (excluding diaryl/α,β-unsaturated/α-hetero) is 1. The molecule has 0 bridgehead atoms. The Hall–Kier alpha value is -1.22. The molecule has 2 aromatic rings. The molecule has 2 aromatic carbocycles. The molecule has 1 nitrogen and oxygen atoms in total. The quantitative estimate of drug-likeness (QED) is 0.606. The Bertz CT molecular complexity index is 551. The van der Waals surface area contributed by atoms with E-state index >= 15 is 0 Å². The topological polar surface area (TPSA) is 17.1 Å². The molecular weight excluding hydrogens is 283 g/mol. The highest BCUT2D eigenvalue weighted by Gasteiger charge is 2.11. The standard InChI is InChI=1S/C14H12BrFO/c15-9-3-6-14(17)12-7-8-13(16)11-5-2-1-4-10(11)12/h1-2,4-5,7-8H,3,6,9H2. The van der Waals surface area contributed by atoms with E-state index in [1.165, 1.54) is 6.07 Å². The maximum Gasteiger partial charge on any atom is 0.163 e. The number of hydrogen-bond donors (Lipinski definition) is 0. The monoisotopic (exact) mass is 294 g/mol. The highest BCUT2D eigenvalue weighted by Crippen LogP contribution is 2.23. The number of benzene rings is 2. The predicted molar refractivity (Wildman–Crippen MR) is 71.3 cm³/mol. The number of carbonyl (C=O) groups excluding carboxylic acids is 1. The van der Waals surface area contributed by atoms with Crippen LogP contribution in [0.1, 0.15) is 23.2 Å². The van der Waals surface area contributed by atoms with Crippen molar-refractivity contribution in [2.24, 2.45) is 0 Å². The van der Waals surface area contributed by atoms with Crippen molar-refractivity contribution in [2.45, 2.75) is 12.8 Å². The van der Waals surface area contributed by atoms with E-state index in [0.717, 1.165) is 11.8 Å². The smallest absolute Gasteiger partial charge is 0.163 e. The van der Waals surface area contributed by atoms with Crippen molar-refractivity contribution in [3.05, 3.63) is 47.8 Å². The Morgan fingerprint density at radius 1 is 1.12 bits per heavy atom. The molecule has 0 fully saturated rings. The largest absolute Gasteiger partial charge is 0.294 e. The number of fused-ring (bicyclic) bond motifs is 1. The van der Waals surface area contributed by atoms with Crippen LogP contribution >= 0.6 is 15.9 Å². The van der Waals surface area contributed by atoms with Gasteiger partial charge in [0.25, 0.3) is 0 Å². The molecule has 0 radical (unpaired) electrons. The maximum absolute atomic E-state index is 13.6. The fraction of sp³-hybridized carbons (Fsp3) is 0.214. The minimum absolute atomic E-state index is 0.0700. The molecule has 0 saturated heterocycles. The van der Waals surface area contributed by atoms with Crippen LogP contribution in [0.4, 0.5) is 4.39 Å². The van der Waals surface area contributed by atoms with E-state index in [9.17, 15) is 9.18 Å². The zero-order valence-electron chi connectivity index (χ0n) is 9.25. The number of alkyl halides is 1. The van der Waals surface area contributed by atoms with Gasteiger partial charge in [0.05, 0.1) is 0 Å². The van der Waals surface area contributed by atoms with Gasteiger partial charge in [-0.3, -0.25) is 4.79 Å². The van der Waals surface area contributed by atoms with Gasteiger partial charge in [0.2, 0.25) is 0 Å². The Morgan fingerprint density at radius 2 is 1.82 bits per heavy atom. The summed E-state index contributed by atoms with van der Waals surface area (Å²) in [7, 11) is 0. The van der Waals surface area contributed by atoms with Crippen molar-refractivity contribution in [3.8, 4) is 0 Å². The lowest BCUT2D eigenvalue weighted by atomic mass is 9.99. The first kappa shape index (κ1) is 12.2. The zero-order valence-corrected chi connectivity index (χ0v) is 10.8. The highest BCUT2D eigenvalue weighted by molar-refractivity contribution is 9.09. The summed E-state index contributed by atoms with van der Waals surface area (Å²) in [5, 5.41) is 2.02. The molecule has 0 spiro atoms. The second-order valence-electron chi connectivity index (χ2n) is 3.86. The molecule has 0 amide bonds. The third-order valence-corrected chi connectivity index (χ3v) is 3.27. The lowest BCUT2D eigenvalue weighted by Gasteiger charge is -2.06. The van der Waals surface area contributed by atoms with Gasteiger partial charge in [-0.25, -0.2) is 4.39 Å². The van der Waals surface area contributed by atoms with E-state index in [2.05, 4.69) is 15.9 Å². The van der Waals surface area contributed by atoms with Crippen molar-refractivity contribution in [2.75, 3.05) is 5.33 Å². The average Bonchev–Trinajstić information content (AvgIpc) is 2.37. The predicted octanol–water partition coefficient (Wildman–Crippen LogP) is 4.34. The van der Waals surface area contributed by atoms with Gasteiger partial charge in [0.1, 0.15) is 5.82 Å². The van der Waals surface area contributed by atoms with Gasteiger partial charge in [0, 0.05) is 22.7 Å². The second kappa shape index (κ2) is 5.41. The van der Waals surface area contributed by atoms with Crippen molar-refractivity contribution < 1.29 is 9.18 Å². The molecule has 0 heterocycles. The SMILES string of the molecule is O=C(CCCBr)c1ccc(F)c2ccccc12. The first-order valence-electron chi connectivity index (χ1n) is 5.50. The van der Waals surface area contributed by atoms with Crippen LogP contribution in [-0.4, -0.2) is 11.1 Å². The summed E-state index contributed by atoms with van der Waals surface area (Å²) in [6, 6.07) is 10.0. The minimum Gasteiger partial charge on any atom is -0.294 e. The third kappa shape index (κ3) is 2.55. The van der Waals surface area contributed by atoms with Crippen LogP contribution in [0, 0.1) is 5.82 Å². The van der Waals surface area contributed by atoms with Crippen molar-refractivity contribution >= 4 is 32.5 Å². The van der Waals surface area contributed by atoms with Crippen LogP contribution in [-0.2, 0) is 0 Å². The van der Waals surface area contributed by atoms with Crippen LogP contribution in [0.2, 0.25) is 0 Å². The Morgan fingerprint density at radius 3 is 2.53 bits per heavy atom. The second-order valence-corrected chi connectivity index (χ2v) is 4.65. The summed E-state index contributed by atoms with van der Waals surface area (Å²) < 4.78 is 13.6. The van der Waals surface area contributed by atoms with E-state index in [0.29, 0.717) is 22.8 Å². The van der Waals surface area contributed by atoms with E-state index in [4.69, 9.17) is 0 Å². The zero-order chi connectivity index (χ0) is 12.3. The minimum atomic E-state index is -0.280. The van der Waals surface area contributed by atoms with Crippen molar-refractivity contribution in [1.29, 1.82) is 0 Å². The molecule has 0 aromatic heterocycles. The molecule has 0 aliphatic heterocycles. The third-order valence-electron chi connectivity index (χ3n) is 2.71. The number of ketones is 1. The molecule has 3 heteroatoms. The molecule has 17 heavy (non-hydrogen) atoms. The van der Waals surface area contributed by atoms with Gasteiger partial charge in [-0.15, -0.1) is 0 Å². The van der Waals surface area contributed by atoms with Crippen molar-refractivity contribution in [1.82, 2.24) is 0 Å². The molecule has 0 atom stereocenters. The molecular formula is C14H12BrFO. The van der Waals surface area contributed by atoms with E-state index in [1.54, 1.807) is 24.3 Å². The Labute approximate surface area is 108 Å². The van der Waals surface area contributed by atoms with Gasteiger partial charge in [0.15, 0.2) is 5.78 Å². The van der Waals surface area contributed by atoms with E-state index in [1.807, 2.05) is 6.07 Å². The average molecular weight is 295 g/mol. The van der Waals surface area contributed by atoms with E-state index in [-0.39, 0.29) is 11.6 Å². The van der Waals surface area contributed by atoms with Gasteiger partial charge in [-0.1, -0.05) is 40.2 Å². The van der Waals surface area contributed by atoms with Gasteiger partial charge >= 0.3 is 0 Å². The first-order valence-corrected chi connectivity index (χ1v) is 6.62. The summed E-state index contributed by atoms with van der Waals surface area (Å²) in [6.07, 6.45) is 1.28. The normalized spacial score (nSPS) is 10.7. The lowest BCUT2D eigenvalue weighted by Crippen LogP contribution is -2.01. The number of carbonyl (C=O) groups is 1. The van der Waals surface area contributed by atoms with Crippen LogP contribution in [0.3, 0.4) is 0 Å². The maximum atomic E-state index is 13.6.